The van der Waals surface area contributed by atoms with E-state index in [2.05, 4.69) is 16.4 Å². The lowest BCUT2D eigenvalue weighted by atomic mass is 9.99. The highest BCUT2D eigenvalue weighted by atomic mass is 32.2. The van der Waals surface area contributed by atoms with Crippen molar-refractivity contribution in [1.82, 2.24) is 9.97 Å². The van der Waals surface area contributed by atoms with Gasteiger partial charge in [0.1, 0.15) is 11.1 Å². The van der Waals surface area contributed by atoms with Crippen LogP contribution in [0.15, 0.2) is 96.3 Å². The van der Waals surface area contributed by atoms with Gasteiger partial charge in [-0.15, -0.1) is 11.8 Å². The molecule has 2 aromatic carbocycles. The van der Waals surface area contributed by atoms with Crippen LogP contribution in [-0.4, -0.2) is 21.6 Å². The number of nitrogens with one attached hydrogen (secondary N) is 1. The highest BCUT2D eigenvalue weighted by molar-refractivity contribution is 7.99. The van der Waals surface area contributed by atoms with E-state index >= 15 is 0 Å². The van der Waals surface area contributed by atoms with Crippen LogP contribution in [0.25, 0.3) is 22.4 Å². The number of rotatable bonds is 7. The molecule has 0 atom stereocenters. The monoisotopic (exact) mass is 436 g/mol. The minimum atomic E-state index is -0.105. The average Bonchev–Trinajstić information content (AvgIpc) is 2.85. The van der Waals surface area contributed by atoms with Crippen LogP contribution in [0.4, 0.5) is 5.69 Å². The Morgan fingerprint density at radius 1 is 0.969 bits per heavy atom. The van der Waals surface area contributed by atoms with Crippen molar-refractivity contribution in [2.75, 3.05) is 11.1 Å². The van der Waals surface area contributed by atoms with Gasteiger partial charge >= 0.3 is 0 Å². The van der Waals surface area contributed by atoms with Gasteiger partial charge in [-0.2, -0.15) is 5.26 Å². The summed E-state index contributed by atoms with van der Waals surface area (Å²) in [6.45, 7) is 0. The Bertz CT molecular complexity index is 1240. The van der Waals surface area contributed by atoms with Gasteiger partial charge in [-0.25, -0.2) is 4.98 Å². The molecule has 5 nitrogen and oxygen atoms in total. The van der Waals surface area contributed by atoms with Crippen LogP contribution in [0.3, 0.4) is 0 Å². The van der Waals surface area contributed by atoms with Crippen LogP contribution in [0.5, 0.6) is 0 Å². The van der Waals surface area contributed by atoms with E-state index in [1.54, 1.807) is 24.5 Å². The standard InChI is InChI=1S/C26H20N4OS/c27-17-23-22(19-8-3-1-4-9-19)16-24(20-10-5-2-6-11-20)30-26(23)32-15-13-25(31)29-21-12-7-14-28-18-21/h1-12,14,16,18H,13,15H2,(H,29,31). The number of thioether (sulfide) groups is 1. The van der Waals surface area contributed by atoms with Gasteiger partial charge in [-0.1, -0.05) is 60.7 Å². The summed E-state index contributed by atoms with van der Waals surface area (Å²) in [5, 5.41) is 13.4. The fourth-order valence-corrected chi connectivity index (χ4v) is 4.18. The van der Waals surface area contributed by atoms with E-state index in [0.717, 1.165) is 22.4 Å². The second-order valence-electron chi connectivity index (χ2n) is 6.97. The van der Waals surface area contributed by atoms with Crippen LogP contribution in [0, 0.1) is 11.3 Å². The molecule has 0 spiro atoms. The van der Waals surface area contributed by atoms with E-state index in [1.165, 1.54) is 11.8 Å². The third-order valence-corrected chi connectivity index (χ3v) is 5.74. The van der Waals surface area contributed by atoms with E-state index in [1.807, 2.05) is 66.7 Å². The molecule has 0 aliphatic heterocycles. The molecule has 1 amide bonds. The number of benzene rings is 2. The Morgan fingerprint density at radius 2 is 1.69 bits per heavy atom. The van der Waals surface area contributed by atoms with Gasteiger partial charge in [0.25, 0.3) is 0 Å². The molecule has 4 rings (SSSR count). The Balaban J connectivity index is 1.60. The van der Waals surface area contributed by atoms with Gasteiger partial charge in [-0.3, -0.25) is 9.78 Å². The summed E-state index contributed by atoms with van der Waals surface area (Å²) in [6.07, 6.45) is 3.56. The molecule has 32 heavy (non-hydrogen) atoms. The number of nitrogens with zero attached hydrogens (tertiary/aromatic N) is 3. The van der Waals surface area contributed by atoms with E-state index in [4.69, 9.17) is 4.98 Å². The molecule has 0 bridgehead atoms. The zero-order valence-electron chi connectivity index (χ0n) is 17.2. The largest absolute Gasteiger partial charge is 0.325 e. The summed E-state index contributed by atoms with van der Waals surface area (Å²) in [7, 11) is 0. The molecule has 0 saturated heterocycles. The number of hydrogen-bond donors (Lipinski definition) is 1. The molecule has 0 aliphatic rings. The zero-order valence-corrected chi connectivity index (χ0v) is 18.0. The van der Waals surface area contributed by atoms with Gasteiger partial charge in [0.2, 0.25) is 5.91 Å². The van der Waals surface area contributed by atoms with E-state index in [-0.39, 0.29) is 5.91 Å². The van der Waals surface area contributed by atoms with Gasteiger partial charge < -0.3 is 5.32 Å². The van der Waals surface area contributed by atoms with Crippen molar-refractivity contribution in [3.8, 4) is 28.5 Å². The van der Waals surface area contributed by atoms with Gasteiger partial charge in [-0.05, 0) is 23.8 Å². The fourth-order valence-electron chi connectivity index (χ4n) is 3.24. The maximum atomic E-state index is 12.3. The Kier molecular flexibility index (Phi) is 6.91. The highest BCUT2D eigenvalue weighted by Gasteiger charge is 2.16. The second kappa shape index (κ2) is 10.4. The molecule has 0 aliphatic carbocycles. The lowest BCUT2D eigenvalue weighted by molar-refractivity contribution is -0.115. The Labute approximate surface area is 191 Å². The minimum Gasteiger partial charge on any atom is -0.325 e. The second-order valence-corrected chi connectivity index (χ2v) is 8.05. The molecule has 0 unspecified atom stereocenters. The molecular weight excluding hydrogens is 416 g/mol. The van der Waals surface area contributed by atoms with E-state index in [0.29, 0.717) is 28.5 Å². The van der Waals surface area contributed by atoms with Crippen LogP contribution in [0.2, 0.25) is 0 Å². The van der Waals surface area contributed by atoms with Crippen molar-refractivity contribution < 1.29 is 4.79 Å². The van der Waals surface area contributed by atoms with E-state index in [9.17, 15) is 10.1 Å². The van der Waals surface area contributed by atoms with Crippen molar-refractivity contribution in [3.05, 3.63) is 96.8 Å². The number of amides is 1. The number of carbonyl (C=O) groups is 1. The number of aromatic nitrogens is 2. The normalized spacial score (nSPS) is 10.3. The number of carbonyl (C=O) groups excluding carboxylic acids is 1. The summed E-state index contributed by atoms with van der Waals surface area (Å²) in [5.41, 5.74) is 4.75. The molecule has 4 aromatic rings. The van der Waals surface area contributed by atoms with Gasteiger partial charge in [0.05, 0.1) is 23.1 Å². The summed E-state index contributed by atoms with van der Waals surface area (Å²) >= 11 is 1.42. The number of anilines is 1. The molecule has 0 radical (unpaired) electrons. The summed E-state index contributed by atoms with van der Waals surface area (Å²) < 4.78 is 0. The first-order chi connectivity index (χ1) is 15.7. The highest BCUT2D eigenvalue weighted by Crippen LogP contribution is 2.34. The number of hydrogen-bond acceptors (Lipinski definition) is 5. The Morgan fingerprint density at radius 3 is 2.34 bits per heavy atom. The SMILES string of the molecule is N#Cc1c(-c2ccccc2)cc(-c2ccccc2)nc1SCCC(=O)Nc1cccnc1. The van der Waals surface area contributed by atoms with Crippen molar-refractivity contribution in [3.63, 3.8) is 0 Å². The first kappa shape index (κ1) is 21.3. The smallest absolute Gasteiger partial charge is 0.225 e. The summed E-state index contributed by atoms with van der Waals surface area (Å²) in [6, 6.07) is 27.6. The molecule has 2 aromatic heterocycles. The van der Waals surface area contributed by atoms with Crippen LogP contribution in [-0.2, 0) is 4.79 Å². The van der Waals surface area contributed by atoms with Crippen LogP contribution in [0.1, 0.15) is 12.0 Å². The molecule has 6 heteroatoms. The third-order valence-electron chi connectivity index (χ3n) is 4.77. The summed E-state index contributed by atoms with van der Waals surface area (Å²) in [5.74, 6) is 0.395. The topological polar surface area (TPSA) is 78.7 Å². The Hall–Kier alpha value is -3.95. The molecule has 2 heterocycles. The quantitative estimate of drug-likeness (QED) is 0.370. The maximum absolute atomic E-state index is 12.3. The first-order valence-corrected chi connectivity index (χ1v) is 11.1. The van der Waals surface area contributed by atoms with Gasteiger partial charge in [0, 0.05) is 29.5 Å². The number of nitriles is 1. The molecule has 0 saturated carbocycles. The van der Waals surface area contributed by atoms with E-state index < -0.39 is 0 Å². The molecule has 1 N–H and O–H groups in total. The summed E-state index contributed by atoms with van der Waals surface area (Å²) in [4.78, 5) is 21.1. The molecular formula is C26H20N4OS. The number of pyridine rings is 2. The third kappa shape index (κ3) is 5.20. The predicted octanol–water partition coefficient (Wildman–Crippen LogP) is 5.80. The lowest BCUT2D eigenvalue weighted by Gasteiger charge is -2.12. The van der Waals surface area contributed by atoms with Crippen LogP contribution >= 0.6 is 11.8 Å². The average molecular weight is 437 g/mol. The lowest BCUT2D eigenvalue weighted by Crippen LogP contribution is -2.12. The van der Waals surface area contributed by atoms with Crippen molar-refractivity contribution >= 4 is 23.4 Å². The van der Waals surface area contributed by atoms with Crippen molar-refractivity contribution in [2.24, 2.45) is 0 Å². The first-order valence-electron chi connectivity index (χ1n) is 10.1. The van der Waals surface area contributed by atoms with Gasteiger partial charge in [0.15, 0.2) is 0 Å². The fraction of sp³-hybridized carbons (Fsp3) is 0.0769. The maximum Gasteiger partial charge on any atom is 0.225 e. The predicted molar refractivity (Wildman–Crippen MR) is 128 cm³/mol. The molecule has 0 fully saturated rings. The van der Waals surface area contributed by atoms with Crippen molar-refractivity contribution in [1.29, 1.82) is 5.26 Å². The van der Waals surface area contributed by atoms with Crippen LogP contribution < -0.4 is 5.32 Å². The molecule has 156 valence electrons. The zero-order chi connectivity index (χ0) is 22.2. The minimum absolute atomic E-state index is 0.105. The van der Waals surface area contributed by atoms with Crippen molar-refractivity contribution in [2.45, 2.75) is 11.4 Å².